The molecule has 6 heteroatoms. The van der Waals surface area contributed by atoms with E-state index in [0.29, 0.717) is 24.5 Å². The van der Waals surface area contributed by atoms with E-state index in [-0.39, 0.29) is 6.42 Å². The first-order valence-corrected chi connectivity index (χ1v) is 10.3. The van der Waals surface area contributed by atoms with E-state index in [4.69, 9.17) is 26.3 Å². The first-order valence-electron chi connectivity index (χ1n) is 9.89. The third-order valence-electron chi connectivity index (χ3n) is 4.55. The smallest absolute Gasteiger partial charge is 0.307 e. The number of carboxylic acids is 1. The Morgan fingerprint density at radius 1 is 1.00 bits per heavy atom. The van der Waals surface area contributed by atoms with E-state index in [1.54, 1.807) is 24.3 Å². The number of nitrogens with one attached hydrogen (secondary N) is 1. The number of aliphatic carboxylic acids is 1. The molecule has 3 aromatic rings. The summed E-state index contributed by atoms with van der Waals surface area (Å²) in [6.07, 6.45) is 1.91. The van der Waals surface area contributed by atoms with Gasteiger partial charge in [0.2, 0.25) is 0 Å². The predicted octanol–water partition coefficient (Wildman–Crippen LogP) is 5.60. The van der Waals surface area contributed by atoms with Crippen molar-refractivity contribution in [3.8, 4) is 16.9 Å². The molecule has 0 radical (unpaired) electrons. The number of halogens is 1. The normalized spacial score (nSPS) is 11.2. The van der Waals surface area contributed by atoms with Gasteiger partial charge in [0.05, 0.1) is 12.1 Å². The fourth-order valence-electron chi connectivity index (χ4n) is 3.02. The average Bonchev–Trinajstić information content (AvgIpc) is 2.77. The lowest BCUT2D eigenvalue weighted by atomic mass is 10.0. The molecule has 0 bridgehead atoms. The van der Waals surface area contributed by atoms with Crippen LogP contribution in [0.3, 0.4) is 0 Å². The molecule has 0 saturated carbocycles. The molecule has 0 unspecified atom stereocenters. The van der Waals surface area contributed by atoms with Crippen molar-refractivity contribution in [3.05, 3.63) is 95.0 Å². The third-order valence-corrected chi connectivity index (χ3v) is 4.80. The van der Waals surface area contributed by atoms with Crippen LogP contribution in [0.5, 0.6) is 5.75 Å². The Labute approximate surface area is 186 Å². The van der Waals surface area contributed by atoms with Crippen LogP contribution in [0.4, 0.5) is 0 Å². The van der Waals surface area contributed by atoms with E-state index >= 15 is 0 Å². The van der Waals surface area contributed by atoms with Gasteiger partial charge in [-0.3, -0.25) is 15.1 Å². The third kappa shape index (κ3) is 6.88. The maximum atomic E-state index is 10.8. The lowest BCUT2D eigenvalue weighted by Gasteiger charge is -2.13. The lowest BCUT2D eigenvalue weighted by molar-refractivity contribution is -0.136. The zero-order valence-electron chi connectivity index (χ0n) is 17.2. The largest absolute Gasteiger partial charge is 0.491 e. The molecule has 0 heterocycles. The topological polar surface area (TPSA) is 67.8 Å². The summed E-state index contributed by atoms with van der Waals surface area (Å²) in [5, 5.41) is 9.59. The minimum Gasteiger partial charge on any atom is -0.491 e. The summed E-state index contributed by atoms with van der Waals surface area (Å²) in [4.78, 5) is 16.3. The first-order chi connectivity index (χ1) is 15.0. The molecule has 0 amide bonds. The summed E-state index contributed by atoms with van der Waals surface area (Å²) in [6.45, 7) is 2.59. The van der Waals surface area contributed by atoms with Gasteiger partial charge in [0.25, 0.3) is 0 Å². The van der Waals surface area contributed by atoms with E-state index in [2.05, 4.69) is 17.6 Å². The summed E-state index contributed by atoms with van der Waals surface area (Å²) in [7, 11) is 0. The molecule has 0 aliphatic carbocycles. The molecule has 160 valence electrons. The number of carbonyl (C=O) groups is 1. The predicted molar refractivity (Wildman–Crippen MR) is 123 cm³/mol. The molecule has 0 fully saturated rings. The molecular weight excluding hydrogens is 414 g/mol. The zero-order valence-corrected chi connectivity index (χ0v) is 17.9. The van der Waals surface area contributed by atoms with E-state index in [1.807, 2.05) is 49.4 Å². The molecule has 0 spiro atoms. The van der Waals surface area contributed by atoms with Crippen LogP contribution in [-0.2, 0) is 16.1 Å². The summed E-state index contributed by atoms with van der Waals surface area (Å²) < 4.78 is 5.64. The van der Waals surface area contributed by atoms with Crippen molar-refractivity contribution in [2.75, 3.05) is 13.2 Å². The van der Waals surface area contributed by atoms with E-state index < -0.39 is 5.97 Å². The molecule has 0 atom stereocenters. The van der Waals surface area contributed by atoms with Gasteiger partial charge in [-0.05, 0) is 53.4 Å². The SMILES string of the molecule is CC=C(NOCCOc1cccc(CC(=O)O)c1)c1ccc(-c2ccc(Cl)cc2)cc1. The van der Waals surface area contributed by atoms with Crippen molar-refractivity contribution in [2.24, 2.45) is 0 Å². The van der Waals surface area contributed by atoms with Crippen LogP contribution >= 0.6 is 11.6 Å². The molecule has 0 aliphatic heterocycles. The van der Waals surface area contributed by atoms with Crippen molar-refractivity contribution in [3.63, 3.8) is 0 Å². The van der Waals surface area contributed by atoms with Crippen molar-refractivity contribution in [1.82, 2.24) is 5.48 Å². The van der Waals surface area contributed by atoms with Gasteiger partial charge in [-0.25, -0.2) is 0 Å². The van der Waals surface area contributed by atoms with Gasteiger partial charge >= 0.3 is 5.97 Å². The number of benzene rings is 3. The Bertz CT molecular complexity index is 1030. The van der Waals surface area contributed by atoms with Gasteiger partial charge in [0.1, 0.15) is 19.0 Å². The van der Waals surface area contributed by atoms with Gasteiger partial charge in [-0.15, -0.1) is 0 Å². The summed E-state index contributed by atoms with van der Waals surface area (Å²) >= 11 is 5.96. The summed E-state index contributed by atoms with van der Waals surface area (Å²) in [5.41, 5.74) is 7.72. The minimum atomic E-state index is -0.871. The highest BCUT2D eigenvalue weighted by atomic mass is 35.5. The Balaban J connectivity index is 1.47. The Morgan fingerprint density at radius 3 is 2.32 bits per heavy atom. The number of hydrogen-bond acceptors (Lipinski definition) is 4. The molecule has 2 N–H and O–H groups in total. The molecule has 0 aliphatic rings. The summed E-state index contributed by atoms with van der Waals surface area (Å²) in [5.74, 6) is -0.254. The fourth-order valence-corrected chi connectivity index (χ4v) is 3.14. The lowest BCUT2D eigenvalue weighted by Crippen LogP contribution is -2.17. The van der Waals surface area contributed by atoms with Gasteiger partial charge in [0, 0.05) is 5.02 Å². The second kappa shape index (κ2) is 11.2. The number of rotatable bonds is 10. The maximum absolute atomic E-state index is 10.8. The number of ether oxygens (including phenoxy) is 1. The maximum Gasteiger partial charge on any atom is 0.307 e. The number of hydroxylamine groups is 1. The molecule has 31 heavy (non-hydrogen) atoms. The first kappa shape index (κ1) is 22.4. The van der Waals surface area contributed by atoms with Gasteiger partial charge < -0.3 is 9.84 Å². The van der Waals surface area contributed by atoms with Crippen molar-refractivity contribution >= 4 is 23.3 Å². The second-order valence-electron chi connectivity index (χ2n) is 6.80. The van der Waals surface area contributed by atoms with Crippen LogP contribution in [-0.4, -0.2) is 24.3 Å². The van der Waals surface area contributed by atoms with Crippen molar-refractivity contribution in [1.29, 1.82) is 0 Å². The Hall–Kier alpha value is -3.28. The Kier molecular flexibility index (Phi) is 8.10. The van der Waals surface area contributed by atoms with Gasteiger partial charge in [-0.2, -0.15) is 0 Å². The van der Waals surface area contributed by atoms with Crippen LogP contribution in [0.25, 0.3) is 16.8 Å². The Morgan fingerprint density at radius 2 is 1.68 bits per heavy atom. The second-order valence-corrected chi connectivity index (χ2v) is 7.24. The number of hydrogen-bond donors (Lipinski definition) is 2. The van der Waals surface area contributed by atoms with Gasteiger partial charge in [-0.1, -0.05) is 66.2 Å². The number of carboxylic acid groups (broad SMARTS) is 1. The monoisotopic (exact) mass is 437 g/mol. The molecule has 0 saturated heterocycles. The van der Waals surface area contributed by atoms with Crippen LogP contribution in [0.2, 0.25) is 5.02 Å². The molecule has 3 aromatic carbocycles. The highest BCUT2D eigenvalue weighted by Gasteiger charge is 2.04. The minimum absolute atomic E-state index is 0.0310. The quantitative estimate of drug-likeness (QED) is 0.319. The van der Waals surface area contributed by atoms with Crippen molar-refractivity contribution in [2.45, 2.75) is 13.3 Å². The van der Waals surface area contributed by atoms with E-state index in [0.717, 1.165) is 27.4 Å². The van der Waals surface area contributed by atoms with Crippen LogP contribution in [0, 0.1) is 0 Å². The van der Waals surface area contributed by atoms with E-state index in [9.17, 15) is 4.79 Å². The van der Waals surface area contributed by atoms with Crippen molar-refractivity contribution < 1.29 is 19.5 Å². The highest BCUT2D eigenvalue weighted by Crippen LogP contribution is 2.23. The molecule has 3 rings (SSSR count). The highest BCUT2D eigenvalue weighted by molar-refractivity contribution is 6.30. The number of allylic oxidation sites excluding steroid dienone is 1. The summed E-state index contributed by atoms with van der Waals surface area (Å²) in [6, 6.07) is 22.9. The average molecular weight is 438 g/mol. The zero-order chi connectivity index (χ0) is 22.1. The van der Waals surface area contributed by atoms with Gasteiger partial charge in [0.15, 0.2) is 0 Å². The molecule has 5 nitrogen and oxygen atoms in total. The molecular formula is C25H24ClNO4. The standard InChI is InChI=1S/C25H24ClNO4/c1-2-24(21-8-6-19(7-9-21)20-10-12-22(26)13-11-20)27-31-15-14-30-23-5-3-4-18(16-23)17-25(28)29/h2-13,16,27H,14-15,17H2,1H3,(H,28,29). The van der Waals surface area contributed by atoms with Crippen LogP contribution < -0.4 is 10.2 Å². The molecule has 0 aromatic heterocycles. The van der Waals surface area contributed by atoms with Crippen LogP contribution in [0.15, 0.2) is 78.9 Å². The van der Waals surface area contributed by atoms with Crippen LogP contribution in [0.1, 0.15) is 18.1 Å². The fraction of sp³-hybridized carbons (Fsp3) is 0.160. The van der Waals surface area contributed by atoms with E-state index in [1.165, 1.54) is 0 Å².